The molecule has 1 aliphatic rings. The Balaban J connectivity index is 1.91. The Morgan fingerprint density at radius 2 is 2.11 bits per heavy atom. The van der Waals surface area contributed by atoms with Crippen molar-refractivity contribution in [3.63, 3.8) is 0 Å². The van der Waals surface area contributed by atoms with E-state index in [0.717, 1.165) is 33.2 Å². The van der Waals surface area contributed by atoms with Crippen LogP contribution in [0, 0.1) is 5.92 Å². The van der Waals surface area contributed by atoms with E-state index in [0.29, 0.717) is 18.4 Å². The summed E-state index contributed by atoms with van der Waals surface area (Å²) in [4.78, 5) is 2.39. The fourth-order valence-corrected chi connectivity index (χ4v) is 2.82. The molecule has 1 aromatic carbocycles. The summed E-state index contributed by atoms with van der Waals surface area (Å²) >= 11 is 0. The Kier molecular flexibility index (Phi) is 5.70. The molecule has 5 heteroatoms. The molecule has 1 unspecified atom stereocenters. The van der Waals surface area contributed by atoms with Crippen molar-refractivity contribution < 1.29 is 9.81 Å². The van der Waals surface area contributed by atoms with Gasteiger partial charge in [0.15, 0.2) is 0 Å². The first-order valence-electron chi connectivity index (χ1n) is 6.87. The molecule has 2 N–H and O–H groups in total. The number of aliphatic hydroxyl groups is 1. The molecule has 0 aromatic heterocycles. The van der Waals surface area contributed by atoms with Crippen LogP contribution >= 0.6 is 0 Å². The second-order valence-electron chi connectivity index (χ2n) is 5.13. The maximum atomic E-state index is 10.5. The molecular weight excluding hydrogens is 239 g/mol. The third-order valence-electron chi connectivity index (χ3n) is 3.73. The summed E-state index contributed by atoms with van der Waals surface area (Å²) in [6.07, 6.45) is 1.19. The van der Waals surface area contributed by atoms with E-state index in [2.05, 4.69) is 34.5 Å². The number of hydrogen-bond acceptors (Lipinski definition) is 4. The number of benzene rings is 1. The molecule has 0 bridgehead atoms. The molecule has 1 aromatic rings. The third kappa shape index (κ3) is 4.23. The van der Waals surface area contributed by atoms with E-state index in [1.165, 1.54) is 5.56 Å². The minimum atomic E-state index is 0.211. The minimum absolute atomic E-state index is 0.211. The van der Waals surface area contributed by atoms with Crippen LogP contribution in [0.4, 0.5) is 0 Å². The Hall–Kier alpha value is -1.04. The predicted molar refractivity (Wildman–Crippen MR) is 75.1 cm³/mol. The summed E-state index contributed by atoms with van der Waals surface area (Å²) in [6.45, 7) is 3.06. The van der Waals surface area contributed by atoms with Gasteiger partial charge in [-0.15, -0.1) is 0 Å². The van der Waals surface area contributed by atoms with Gasteiger partial charge in [-0.05, 0) is 0 Å². The van der Waals surface area contributed by atoms with Crippen molar-refractivity contribution in [2.24, 2.45) is 5.92 Å². The van der Waals surface area contributed by atoms with Crippen LogP contribution in [0.3, 0.4) is 0 Å². The molecule has 0 spiro atoms. The van der Waals surface area contributed by atoms with Crippen LogP contribution in [0.1, 0.15) is 12.0 Å². The van der Waals surface area contributed by atoms with Crippen molar-refractivity contribution in [1.82, 2.24) is 10.2 Å². The quantitative estimate of drug-likeness (QED) is 0.700. The van der Waals surface area contributed by atoms with Gasteiger partial charge in [-0.1, -0.05) is 0 Å². The van der Waals surface area contributed by atoms with Gasteiger partial charge in [-0.3, -0.25) is 0 Å². The average Bonchev–Trinajstić information content (AvgIpc) is 2.80. The van der Waals surface area contributed by atoms with Crippen LogP contribution in [0.2, 0.25) is 0 Å². The second kappa shape index (κ2) is 7.53. The zero-order valence-corrected chi connectivity index (χ0v) is 11.2. The summed E-state index contributed by atoms with van der Waals surface area (Å²) in [5, 5.41) is 12.4. The van der Waals surface area contributed by atoms with E-state index < -0.39 is 0 Å². The number of hydrogen-bond donors (Lipinski definition) is 2. The summed E-state index contributed by atoms with van der Waals surface area (Å²) in [6, 6.07) is 10.7. The average molecular weight is 260 g/mol. The molecule has 2 atom stereocenters. The van der Waals surface area contributed by atoms with E-state index in [1.54, 1.807) is 0 Å². The molecule has 1 aliphatic heterocycles. The number of nitrogens with zero attached hydrogens (tertiary/aromatic N) is 1. The molecule has 19 heavy (non-hydrogen) atoms. The van der Waals surface area contributed by atoms with E-state index in [4.69, 9.17) is 5.11 Å². The topological polar surface area (TPSA) is 52.6 Å². The zero-order chi connectivity index (χ0) is 13.5. The van der Waals surface area contributed by atoms with Gasteiger partial charge >= 0.3 is 114 Å². The standard InChI is InChI=1S/C14H21BN2O2/c18-7-6-13-9-17(10-14(13)16-11-15-19)8-12-4-2-1-3-5-12/h1-5,13-14,16,18H,6-11H2/t13-,14?/m0/s1. The number of likely N-dealkylation sites (tertiary alicyclic amines) is 1. The summed E-state index contributed by atoms with van der Waals surface area (Å²) in [7, 11) is 0.899. The van der Waals surface area contributed by atoms with Crippen LogP contribution in [-0.4, -0.2) is 49.3 Å². The molecule has 0 radical (unpaired) electrons. The molecule has 102 valence electrons. The second-order valence-corrected chi connectivity index (χ2v) is 5.13. The molecule has 2 rings (SSSR count). The fraction of sp³-hybridized carbons (Fsp3) is 0.571. The first kappa shape index (κ1) is 14.4. The first-order valence-corrected chi connectivity index (χ1v) is 6.87. The van der Waals surface area contributed by atoms with Crippen molar-refractivity contribution in [2.45, 2.75) is 19.0 Å². The molecule has 0 saturated carbocycles. The molecule has 4 nitrogen and oxygen atoms in total. The van der Waals surface area contributed by atoms with Crippen LogP contribution in [0.25, 0.3) is 0 Å². The fourth-order valence-electron chi connectivity index (χ4n) is 2.82. The van der Waals surface area contributed by atoms with E-state index in [-0.39, 0.29) is 6.61 Å². The number of rotatable bonds is 7. The van der Waals surface area contributed by atoms with Crippen molar-refractivity contribution in [3.8, 4) is 0 Å². The van der Waals surface area contributed by atoms with Crippen molar-refractivity contribution in [3.05, 3.63) is 35.9 Å². The molecule has 0 aliphatic carbocycles. The van der Waals surface area contributed by atoms with E-state index in [9.17, 15) is 4.70 Å². The normalized spacial score (nSPS) is 23.4. The van der Waals surface area contributed by atoms with Crippen molar-refractivity contribution >= 4 is 7.15 Å². The van der Waals surface area contributed by atoms with Gasteiger partial charge in [0.2, 0.25) is 0 Å². The third-order valence-corrected chi connectivity index (χ3v) is 3.73. The van der Waals surface area contributed by atoms with Gasteiger partial charge in [-0.25, -0.2) is 0 Å². The van der Waals surface area contributed by atoms with Crippen LogP contribution in [0.5, 0.6) is 0 Å². The van der Waals surface area contributed by atoms with Gasteiger partial charge < -0.3 is 0 Å². The Morgan fingerprint density at radius 1 is 1.32 bits per heavy atom. The Morgan fingerprint density at radius 3 is 2.79 bits per heavy atom. The number of aliphatic hydroxyl groups excluding tert-OH is 1. The van der Waals surface area contributed by atoms with Crippen LogP contribution in [0.15, 0.2) is 30.3 Å². The van der Waals surface area contributed by atoms with Crippen LogP contribution in [-0.2, 0) is 11.2 Å². The summed E-state index contributed by atoms with van der Waals surface area (Å²) in [5.74, 6) is 0.425. The van der Waals surface area contributed by atoms with Crippen LogP contribution < -0.4 is 5.32 Å². The van der Waals surface area contributed by atoms with Crippen molar-refractivity contribution in [1.29, 1.82) is 0 Å². The van der Waals surface area contributed by atoms with Gasteiger partial charge in [0.25, 0.3) is 0 Å². The Bertz CT molecular complexity index is 388. The summed E-state index contributed by atoms with van der Waals surface area (Å²) in [5.41, 5.74) is 1.31. The van der Waals surface area contributed by atoms with Gasteiger partial charge in [-0.2, -0.15) is 0 Å². The first-order chi connectivity index (χ1) is 9.33. The van der Waals surface area contributed by atoms with E-state index in [1.807, 2.05) is 6.07 Å². The van der Waals surface area contributed by atoms with Crippen molar-refractivity contribution in [2.75, 3.05) is 26.1 Å². The Labute approximate surface area is 115 Å². The number of nitrogens with one attached hydrogen (secondary N) is 1. The van der Waals surface area contributed by atoms with Gasteiger partial charge in [0.05, 0.1) is 0 Å². The maximum absolute atomic E-state index is 10.5. The molecule has 1 heterocycles. The zero-order valence-electron chi connectivity index (χ0n) is 11.2. The summed E-state index contributed by atoms with van der Waals surface area (Å²) < 4.78 is 10.5. The van der Waals surface area contributed by atoms with Gasteiger partial charge in [0.1, 0.15) is 0 Å². The molecule has 1 saturated heterocycles. The molecular formula is C14H21BN2O2. The van der Waals surface area contributed by atoms with Gasteiger partial charge in [0, 0.05) is 0 Å². The van der Waals surface area contributed by atoms with E-state index >= 15 is 0 Å². The molecule has 1 fully saturated rings. The SMILES string of the molecule is O=BCNC1CN(Cc2ccccc2)C[C@@H]1CCO. The molecule has 0 amide bonds. The monoisotopic (exact) mass is 260 g/mol. The predicted octanol–water partition coefficient (Wildman–Crippen LogP) is 0.466.